The summed E-state index contributed by atoms with van der Waals surface area (Å²) in [5.74, 6) is -3.43. The molecule has 0 bridgehead atoms. The van der Waals surface area contributed by atoms with Crippen molar-refractivity contribution in [2.24, 2.45) is 0 Å². The van der Waals surface area contributed by atoms with E-state index in [4.69, 9.17) is 5.73 Å². The van der Waals surface area contributed by atoms with Crippen LogP contribution in [0, 0.1) is 6.92 Å². The van der Waals surface area contributed by atoms with Gasteiger partial charge in [-0.05, 0) is 6.92 Å². The number of H-pyrrole nitrogens is 1. The van der Waals surface area contributed by atoms with Gasteiger partial charge in [-0.2, -0.15) is 10.2 Å². The zero-order valence-electron chi connectivity index (χ0n) is 12.8. The van der Waals surface area contributed by atoms with Crippen molar-refractivity contribution >= 4 is 28.6 Å². The monoisotopic (exact) mass is 336 g/mol. The number of nitrogens with two attached hydrogens (primary N) is 1. The Hall–Kier alpha value is -3.11. The Bertz CT molecular complexity index is 910. The molecule has 0 fully saturated rings. The molecule has 0 saturated heterocycles. The molecule has 3 heterocycles. The fourth-order valence-corrected chi connectivity index (χ4v) is 2.22. The Kier molecular flexibility index (Phi) is 3.62. The molecule has 1 amide bonds. The van der Waals surface area contributed by atoms with Crippen molar-refractivity contribution in [3.63, 3.8) is 0 Å². The van der Waals surface area contributed by atoms with Gasteiger partial charge in [0.2, 0.25) is 0 Å². The lowest BCUT2D eigenvalue weighted by atomic mass is 10.2. The van der Waals surface area contributed by atoms with Gasteiger partial charge in [0.15, 0.2) is 17.2 Å². The van der Waals surface area contributed by atoms with Gasteiger partial charge in [-0.1, -0.05) is 0 Å². The van der Waals surface area contributed by atoms with Crippen LogP contribution in [0.5, 0.6) is 0 Å². The molecule has 4 N–H and O–H groups in total. The number of hydrogen-bond donors (Lipinski definition) is 3. The molecule has 0 radical (unpaired) electrons. The molecule has 0 saturated carbocycles. The summed E-state index contributed by atoms with van der Waals surface area (Å²) in [6.45, 7) is 1.77. The number of hydrogen-bond acceptors (Lipinski definition) is 6. The molecule has 126 valence electrons. The van der Waals surface area contributed by atoms with Gasteiger partial charge >= 0.3 is 0 Å². The summed E-state index contributed by atoms with van der Waals surface area (Å²) in [5.41, 5.74) is 6.44. The van der Waals surface area contributed by atoms with Gasteiger partial charge in [0.05, 0.1) is 5.39 Å². The number of fused-ring (bicyclic) bond motifs is 1. The van der Waals surface area contributed by atoms with E-state index in [9.17, 15) is 13.6 Å². The summed E-state index contributed by atoms with van der Waals surface area (Å²) >= 11 is 0. The van der Waals surface area contributed by atoms with E-state index in [-0.39, 0.29) is 28.4 Å². The fraction of sp³-hybridized carbons (Fsp3) is 0.308. The molecule has 0 atom stereocenters. The van der Waals surface area contributed by atoms with Crippen LogP contribution in [0.3, 0.4) is 0 Å². The van der Waals surface area contributed by atoms with Gasteiger partial charge in [-0.15, -0.1) is 0 Å². The Labute approximate surface area is 134 Å². The molecule has 0 aliphatic rings. The maximum absolute atomic E-state index is 13.3. The van der Waals surface area contributed by atoms with Crippen molar-refractivity contribution in [1.82, 2.24) is 29.9 Å². The van der Waals surface area contributed by atoms with E-state index in [0.717, 1.165) is 23.6 Å². The minimum Gasteiger partial charge on any atom is -0.383 e. The highest BCUT2D eigenvalue weighted by Crippen LogP contribution is 2.24. The van der Waals surface area contributed by atoms with Crippen LogP contribution in [0.25, 0.3) is 11.0 Å². The molecular weight excluding hydrogens is 322 g/mol. The van der Waals surface area contributed by atoms with Crippen LogP contribution in [-0.2, 0) is 6.54 Å². The number of aryl methyl sites for hydroxylation is 1. The molecular formula is C13H14F2N8O. The lowest BCUT2D eigenvalue weighted by Gasteiger charge is -2.10. The average Bonchev–Trinajstić information content (AvgIpc) is 3.03. The highest BCUT2D eigenvalue weighted by Gasteiger charge is 2.28. The second-order valence-corrected chi connectivity index (χ2v) is 5.42. The van der Waals surface area contributed by atoms with Crippen LogP contribution in [-0.4, -0.2) is 41.8 Å². The maximum Gasteiger partial charge on any atom is 0.278 e. The van der Waals surface area contributed by atoms with Crippen LogP contribution in [0.2, 0.25) is 0 Å². The van der Waals surface area contributed by atoms with Crippen molar-refractivity contribution in [3.05, 3.63) is 23.8 Å². The zero-order valence-corrected chi connectivity index (χ0v) is 12.8. The molecule has 3 rings (SSSR count). The van der Waals surface area contributed by atoms with E-state index in [0.29, 0.717) is 0 Å². The van der Waals surface area contributed by atoms with Crippen molar-refractivity contribution in [2.45, 2.75) is 26.3 Å². The predicted octanol–water partition coefficient (Wildman–Crippen LogP) is 1.35. The van der Waals surface area contributed by atoms with Gasteiger partial charge in [0.1, 0.15) is 18.7 Å². The second kappa shape index (κ2) is 5.51. The van der Waals surface area contributed by atoms with Crippen molar-refractivity contribution in [1.29, 1.82) is 0 Å². The van der Waals surface area contributed by atoms with Gasteiger partial charge < -0.3 is 11.1 Å². The van der Waals surface area contributed by atoms with Crippen molar-refractivity contribution < 1.29 is 13.6 Å². The van der Waals surface area contributed by atoms with Crippen LogP contribution < -0.4 is 11.1 Å². The molecule has 24 heavy (non-hydrogen) atoms. The van der Waals surface area contributed by atoms with Crippen molar-refractivity contribution in [2.75, 3.05) is 11.1 Å². The van der Waals surface area contributed by atoms with Crippen LogP contribution >= 0.6 is 0 Å². The first-order chi connectivity index (χ1) is 11.2. The Morgan fingerprint density at radius 2 is 2.21 bits per heavy atom. The largest absolute Gasteiger partial charge is 0.383 e. The summed E-state index contributed by atoms with van der Waals surface area (Å²) in [6.07, 6.45) is 1.13. The van der Waals surface area contributed by atoms with E-state index < -0.39 is 18.4 Å². The second-order valence-electron chi connectivity index (χ2n) is 5.42. The van der Waals surface area contributed by atoms with Gasteiger partial charge in [-0.25, -0.2) is 23.4 Å². The topological polar surface area (TPSA) is 127 Å². The third-order valence-electron chi connectivity index (χ3n) is 3.15. The van der Waals surface area contributed by atoms with Gasteiger partial charge in [0, 0.05) is 18.7 Å². The lowest BCUT2D eigenvalue weighted by Crippen LogP contribution is -2.21. The molecule has 0 unspecified atom stereocenters. The maximum atomic E-state index is 13.3. The minimum absolute atomic E-state index is 0.0194. The summed E-state index contributed by atoms with van der Waals surface area (Å²) < 4.78 is 27.6. The molecule has 9 nitrogen and oxygen atoms in total. The molecule has 3 aromatic heterocycles. The molecule has 0 aliphatic carbocycles. The SMILES string of the molecule is Cc1cc(NC(=O)c2nn(CC(C)(F)F)c3ncnc(N)c23)n[nH]1. The van der Waals surface area contributed by atoms with Crippen LogP contribution in [0.15, 0.2) is 12.4 Å². The number of nitrogen functional groups attached to an aromatic ring is 1. The molecule has 0 aromatic carbocycles. The first-order valence-electron chi connectivity index (χ1n) is 6.93. The molecule has 0 spiro atoms. The van der Waals surface area contributed by atoms with E-state index in [2.05, 4.69) is 30.6 Å². The highest BCUT2D eigenvalue weighted by molar-refractivity contribution is 6.12. The van der Waals surface area contributed by atoms with E-state index in [1.54, 1.807) is 13.0 Å². The fourth-order valence-electron chi connectivity index (χ4n) is 2.22. The van der Waals surface area contributed by atoms with E-state index >= 15 is 0 Å². The molecule has 0 aliphatic heterocycles. The smallest absolute Gasteiger partial charge is 0.278 e. The number of rotatable bonds is 4. The quantitative estimate of drug-likeness (QED) is 0.660. The van der Waals surface area contributed by atoms with E-state index in [1.165, 1.54) is 0 Å². The summed E-state index contributed by atoms with van der Waals surface area (Å²) in [4.78, 5) is 20.1. The standard InChI is InChI=1S/C13H14F2N8O/c1-6-3-7(21-20-6)19-12(24)9-8-10(16)17-5-18-11(8)23(22-9)4-13(2,14)15/h3,5H,4H2,1-2H3,(H2,16,17,18)(H2,19,20,21,24). The van der Waals surface area contributed by atoms with Crippen molar-refractivity contribution in [3.8, 4) is 0 Å². The average molecular weight is 336 g/mol. The number of nitrogens with zero attached hydrogens (tertiary/aromatic N) is 5. The number of carbonyl (C=O) groups excluding carboxylic acids is 1. The summed E-state index contributed by atoms with van der Waals surface area (Å²) in [5, 5.41) is 13.1. The zero-order chi connectivity index (χ0) is 17.5. The number of aromatic nitrogens is 6. The first kappa shape index (κ1) is 15.8. The number of nitrogens with one attached hydrogen (secondary N) is 2. The third-order valence-corrected chi connectivity index (χ3v) is 3.15. The lowest BCUT2D eigenvalue weighted by molar-refractivity contribution is 0.00154. The Morgan fingerprint density at radius 1 is 1.46 bits per heavy atom. The summed E-state index contributed by atoms with van der Waals surface area (Å²) in [7, 11) is 0. The number of alkyl halides is 2. The number of aromatic amines is 1. The number of halogens is 2. The number of anilines is 2. The minimum atomic E-state index is -3.04. The molecule has 3 aromatic rings. The van der Waals surface area contributed by atoms with Gasteiger partial charge in [-0.3, -0.25) is 9.89 Å². The Balaban J connectivity index is 2.05. The summed E-state index contributed by atoms with van der Waals surface area (Å²) in [6, 6.07) is 1.61. The number of amides is 1. The number of carbonyl (C=O) groups is 1. The normalized spacial score (nSPS) is 11.8. The van der Waals surface area contributed by atoms with Gasteiger partial charge in [0.25, 0.3) is 11.8 Å². The first-order valence-corrected chi connectivity index (χ1v) is 6.93. The van der Waals surface area contributed by atoms with Crippen LogP contribution in [0.4, 0.5) is 20.4 Å². The third kappa shape index (κ3) is 3.00. The predicted molar refractivity (Wildman–Crippen MR) is 81.6 cm³/mol. The molecule has 11 heteroatoms. The van der Waals surface area contributed by atoms with E-state index in [1.807, 2.05) is 0 Å². The Morgan fingerprint density at radius 3 is 2.83 bits per heavy atom. The van der Waals surface area contributed by atoms with Crippen LogP contribution in [0.1, 0.15) is 23.1 Å². The highest BCUT2D eigenvalue weighted by atomic mass is 19.3.